The summed E-state index contributed by atoms with van der Waals surface area (Å²) in [4.78, 5) is 13.0. The first kappa shape index (κ1) is 18.4. The summed E-state index contributed by atoms with van der Waals surface area (Å²) >= 11 is 0. The number of hydrogen-bond donors (Lipinski definition) is 2. The summed E-state index contributed by atoms with van der Waals surface area (Å²) in [6.45, 7) is 3.94. The second kappa shape index (κ2) is 7.24. The molecule has 2 aromatic heterocycles. The number of aromatic nitrogens is 4. The third-order valence-corrected chi connectivity index (χ3v) is 5.35. The van der Waals surface area contributed by atoms with Gasteiger partial charge in [-0.25, -0.2) is 4.68 Å². The molecule has 0 bridgehead atoms. The van der Waals surface area contributed by atoms with E-state index in [1.807, 2.05) is 56.0 Å². The number of rotatable bonds is 5. The number of aryl methyl sites for hydroxylation is 3. The topological polar surface area (TPSA) is 85.0 Å². The van der Waals surface area contributed by atoms with E-state index in [-0.39, 0.29) is 24.0 Å². The molecule has 2 N–H and O–H groups in total. The molecule has 1 atom stereocenters. The van der Waals surface area contributed by atoms with Gasteiger partial charge in [0.25, 0.3) is 5.91 Å². The molecular weight excluding hydrogens is 354 g/mol. The van der Waals surface area contributed by atoms with Gasteiger partial charge in [0, 0.05) is 30.1 Å². The van der Waals surface area contributed by atoms with Crippen LogP contribution in [0, 0.1) is 19.8 Å². The normalized spacial score (nSPS) is 19.9. The van der Waals surface area contributed by atoms with Crippen molar-refractivity contribution in [2.75, 3.05) is 0 Å². The number of amides is 1. The van der Waals surface area contributed by atoms with Crippen LogP contribution in [-0.2, 0) is 7.05 Å². The van der Waals surface area contributed by atoms with Gasteiger partial charge in [-0.05, 0) is 56.9 Å². The number of carbonyl (C=O) groups is 1. The smallest absolute Gasteiger partial charge is 0.251 e. The molecule has 4 rings (SSSR count). The predicted molar refractivity (Wildman–Crippen MR) is 105 cm³/mol. The fourth-order valence-corrected chi connectivity index (χ4v) is 3.87. The molecule has 7 nitrogen and oxygen atoms in total. The molecule has 2 heterocycles. The van der Waals surface area contributed by atoms with Crippen molar-refractivity contribution in [2.24, 2.45) is 13.0 Å². The summed E-state index contributed by atoms with van der Waals surface area (Å²) < 4.78 is 3.57. The Morgan fingerprint density at radius 2 is 2.07 bits per heavy atom. The van der Waals surface area contributed by atoms with Crippen molar-refractivity contribution in [1.82, 2.24) is 24.9 Å². The lowest BCUT2D eigenvalue weighted by Gasteiger charge is -2.37. The zero-order chi connectivity index (χ0) is 19.8. The van der Waals surface area contributed by atoms with Gasteiger partial charge in [0.1, 0.15) is 0 Å². The zero-order valence-corrected chi connectivity index (χ0v) is 16.3. The standard InChI is InChI=1S/C21H25N5O2/c1-13-7-14(2)26(24-13)18-6-4-5-15(8-18)21(28)23-20(16-9-19(27)10-16)17-11-22-25(3)12-17/h4-8,11-12,16,19-20,27H,9-10H2,1-3H3,(H,23,28). The Bertz CT molecular complexity index is 1000. The van der Waals surface area contributed by atoms with Crippen LogP contribution in [0.25, 0.3) is 5.69 Å². The molecule has 0 saturated heterocycles. The second-order valence-corrected chi connectivity index (χ2v) is 7.67. The van der Waals surface area contributed by atoms with Crippen molar-refractivity contribution in [2.45, 2.75) is 38.8 Å². The minimum atomic E-state index is -0.282. The number of aliphatic hydroxyl groups excluding tert-OH is 1. The fraction of sp³-hybridized carbons (Fsp3) is 0.381. The van der Waals surface area contributed by atoms with Gasteiger partial charge in [-0.15, -0.1) is 0 Å². The molecule has 1 unspecified atom stereocenters. The Hall–Kier alpha value is -2.93. The summed E-state index contributed by atoms with van der Waals surface area (Å²) in [6.07, 6.45) is 4.79. The molecule has 1 saturated carbocycles. The molecule has 7 heteroatoms. The molecule has 3 aromatic rings. The summed E-state index contributed by atoms with van der Waals surface area (Å²) in [7, 11) is 1.86. The maximum absolute atomic E-state index is 13.0. The maximum atomic E-state index is 13.0. The molecule has 1 aliphatic carbocycles. The minimum absolute atomic E-state index is 0.140. The zero-order valence-electron chi connectivity index (χ0n) is 16.3. The number of nitrogens with zero attached hydrogens (tertiary/aromatic N) is 4. The van der Waals surface area contributed by atoms with Crippen LogP contribution < -0.4 is 5.32 Å². The van der Waals surface area contributed by atoms with Gasteiger partial charge in [-0.3, -0.25) is 9.48 Å². The molecule has 1 aromatic carbocycles. The number of hydrogen-bond acceptors (Lipinski definition) is 4. The molecule has 0 radical (unpaired) electrons. The van der Waals surface area contributed by atoms with Crippen molar-refractivity contribution in [3.05, 3.63) is 65.2 Å². The van der Waals surface area contributed by atoms with Gasteiger partial charge in [0.15, 0.2) is 0 Å². The van der Waals surface area contributed by atoms with Gasteiger partial charge in [-0.1, -0.05) is 6.07 Å². The monoisotopic (exact) mass is 379 g/mol. The van der Waals surface area contributed by atoms with Crippen LogP contribution in [0.4, 0.5) is 0 Å². The van der Waals surface area contributed by atoms with E-state index >= 15 is 0 Å². The summed E-state index contributed by atoms with van der Waals surface area (Å²) in [5.41, 5.74) is 4.36. The third-order valence-electron chi connectivity index (χ3n) is 5.35. The molecule has 1 aliphatic rings. The van der Waals surface area contributed by atoms with E-state index in [4.69, 9.17) is 0 Å². The van der Waals surface area contributed by atoms with Gasteiger partial charge >= 0.3 is 0 Å². The largest absolute Gasteiger partial charge is 0.393 e. The Kier molecular flexibility index (Phi) is 4.77. The van der Waals surface area contributed by atoms with Gasteiger partial charge in [0.2, 0.25) is 0 Å². The van der Waals surface area contributed by atoms with Gasteiger partial charge < -0.3 is 10.4 Å². The van der Waals surface area contributed by atoms with E-state index in [1.165, 1.54) is 0 Å². The molecule has 28 heavy (non-hydrogen) atoms. The number of carbonyl (C=O) groups excluding carboxylic acids is 1. The second-order valence-electron chi connectivity index (χ2n) is 7.67. The quantitative estimate of drug-likeness (QED) is 0.713. The lowest BCUT2D eigenvalue weighted by molar-refractivity contribution is 0.0235. The Balaban J connectivity index is 1.58. The van der Waals surface area contributed by atoms with Crippen molar-refractivity contribution in [3.8, 4) is 5.69 Å². The van der Waals surface area contributed by atoms with Gasteiger partial charge in [-0.2, -0.15) is 10.2 Å². The van der Waals surface area contributed by atoms with E-state index in [2.05, 4.69) is 15.5 Å². The van der Waals surface area contributed by atoms with E-state index in [0.717, 1.165) is 22.6 Å². The summed E-state index contributed by atoms with van der Waals surface area (Å²) in [6, 6.07) is 9.31. The maximum Gasteiger partial charge on any atom is 0.251 e. The Morgan fingerprint density at radius 3 is 2.68 bits per heavy atom. The first-order chi connectivity index (χ1) is 13.4. The Labute approximate surface area is 164 Å². The van der Waals surface area contributed by atoms with Crippen LogP contribution in [0.2, 0.25) is 0 Å². The summed E-state index contributed by atoms with van der Waals surface area (Å²) in [5.74, 6) is 0.0703. The number of nitrogens with one attached hydrogen (secondary N) is 1. The number of benzene rings is 1. The SMILES string of the molecule is Cc1cc(C)n(-c2cccc(C(=O)NC(c3cnn(C)c3)C3CC(O)C3)c2)n1. The molecule has 1 fully saturated rings. The van der Waals surface area contributed by atoms with E-state index in [1.54, 1.807) is 16.9 Å². The summed E-state index contributed by atoms with van der Waals surface area (Å²) in [5, 5.41) is 21.6. The highest BCUT2D eigenvalue weighted by Gasteiger charge is 2.36. The van der Waals surface area contributed by atoms with Crippen LogP contribution >= 0.6 is 0 Å². The Morgan fingerprint density at radius 1 is 1.29 bits per heavy atom. The van der Waals surface area contributed by atoms with Crippen molar-refractivity contribution < 1.29 is 9.90 Å². The lowest BCUT2D eigenvalue weighted by Crippen LogP contribution is -2.41. The van der Waals surface area contributed by atoms with Gasteiger partial charge in [0.05, 0.1) is 29.7 Å². The highest BCUT2D eigenvalue weighted by atomic mass is 16.3. The molecule has 146 valence electrons. The van der Waals surface area contributed by atoms with E-state index < -0.39 is 0 Å². The fourth-order valence-electron chi connectivity index (χ4n) is 3.87. The van der Waals surface area contributed by atoms with Crippen molar-refractivity contribution in [1.29, 1.82) is 0 Å². The van der Waals surface area contributed by atoms with Crippen LogP contribution in [-0.4, -0.2) is 36.7 Å². The minimum Gasteiger partial charge on any atom is -0.393 e. The average molecular weight is 379 g/mol. The van der Waals surface area contributed by atoms with Crippen molar-refractivity contribution >= 4 is 5.91 Å². The number of aliphatic hydroxyl groups is 1. The van der Waals surface area contributed by atoms with Crippen LogP contribution in [0.1, 0.15) is 46.2 Å². The molecule has 1 amide bonds. The van der Waals surface area contributed by atoms with E-state index in [0.29, 0.717) is 18.4 Å². The molecule has 0 aliphatic heterocycles. The highest BCUT2D eigenvalue weighted by molar-refractivity contribution is 5.95. The van der Waals surface area contributed by atoms with Crippen LogP contribution in [0.3, 0.4) is 0 Å². The molecule has 0 spiro atoms. The first-order valence-electron chi connectivity index (χ1n) is 9.52. The third kappa shape index (κ3) is 3.57. The predicted octanol–water partition coefficient (Wildman–Crippen LogP) is 2.46. The van der Waals surface area contributed by atoms with Crippen molar-refractivity contribution in [3.63, 3.8) is 0 Å². The average Bonchev–Trinajstić information content (AvgIpc) is 3.22. The van der Waals surface area contributed by atoms with E-state index in [9.17, 15) is 9.90 Å². The van der Waals surface area contributed by atoms with Crippen LogP contribution in [0.15, 0.2) is 42.7 Å². The molecular formula is C21H25N5O2. The van der Waals surface area contributed by atoms with Crippen LogP contribution in [0.5, 0.6) is 0 Å². The highest BCUT2D eigenvalue weighted by Crippen LogP contribution is 2.38. The lowest BCUT2D eigenvalue weighted by atomic mass is 9.75. The first-order valence-corrected chi connectivity index (χ1v) is 9.52.